The van der Waals surface area contributed by atoms with Crippen LogP contribution >= 0.6 is 0 Å². The van der Waals surface area contributed by atoms with E-state index in [0.29, 0.717) is 17.6 Å². The van der Waals surface area contributed by atoms with E-state index in [1.807, 2.05) is 42.5 Å². The van der Waals surface area contributed by atoms with Crippen LogP contribution in [-0.4, -0.2) is 19.5 Å². The van der Waals surface area contributed by atoms with Crippen LogP contribution in [0.3, 0.4) is 0 Å². The molecule has 0 N–H and O–H groups in total. The minimum absolute atomic E-state index is 0.579. The first kappa shape index (κ1) is 27.7. The molecule has 0 unspecified atom stereocenters. The normalized spacial score (nSPS) is 12.2. The van der Waals surface area contributed by atoms with Gasteiger partial charge in [-0.2, -0.15) is 9.97 Å². The minimum atomic E-state index is 0.579. The molecule has 0 aliphatic heterocycles. The molecule has 0 spiro atoms. The number of nitrogens with zero attached hydrogens (tertiary/aromatic N) is 4. The zero-order valence-corrected chi connectivity index (χ0v) is 27.7. The maximum absolute atomic E-state index is 6.56. The van der Waals surface area contributed by atoms with Crippen molar-refractivity contribution in [3.8, 4) is 28.7 Å². The van der Waals surface area contributed by atoms with Gasteiger partial charge in [0.25, 0.3) is 0 Å². The topological polar surface area (TPSA) is 56.7 Å². The van der Waals surface area contributed by atoms with Crippen LogP contribution in [0, 0.1) is 0 Å². The Kier molecular flexibility index (Phi) is 5.44. The summed E-state index contributed by atoms with van der Waals surface area (Å²) in [6.07, 6.45) is 0. The standard InChI is InChI=1S/C47H26N4O/c1-3-13-27(14-4-1)45-48-46(28-15-5-2-6-16-28)50-47(49-45)51-37-23-9-7-17-31(37)43-33-21-11-19-29-30-20-12-22-34-42(30)36(35(41(29)33)25-38(43)51)26-40-44(34)32-18-8-10-24-39(32)52-40/h1-26H. The van der Waals surface area contributed by atoms with Crippen LogP contribution in [0.15, 0.2) is 162 Å². The Labute approximate surface area is 296 Å². The summed E-state index contributed by atoms with van der Waals surface area (Å²) in [6, 6.07) is 55.3. The molecule has 52 heavy (non-hydrogen) atoms. The van der Waals surface area contributed by atoms with Gasteiger partial charge in [-0.15, -0.1) is 0 Å². The van der Waals surface area contributed by atoms with Crippen molar-refractivity contribution in [3.63, 3.8) is 0 Å². The molecule has 0 amide bonds. The summed E-state index contributed by atoms with van der Waals surface area (Å²) in [5.74, 6) is 1.84. The van der Waals surface area contributed by atoms with Gasteiger partial charge in [0.2, 0.25) is 5.95 Å². The van der Waals surface area contributed by atoms with E-state index in [4.69, 9.17) is 19.4 Å². The highest BCUT2D eigenvalue weighted by Crippen LogP contribution is 2.48. The maximum atomic E-state index is 6.56. The van der Waals surface area contributed by atoms with Gasteiger partial charge in [-0.25, -0.2) is 4.98 Å². The number of furan rings is 1. The Bertz CT molecular complexity index is 3340. The minimum Gasteiger partial charge on any atom is -0.456 e. The Balaban J connectivity index is 1.27. The second kappa shape index (κ2) is 10.2. The van der Waals surface area contributed by atoms with Crippen LogP contribution in [0.5, 0.6) is 0 Å². The average molecular weight is 663 g/mol. The van der Waals surface area contributed by atoms with Crippen LogP contribution in [0.25, 0.3) is 116 Å². The molecule has 5 nitrogen and oxygen atoms in total. The lowest BCUT2D eigenvalue weighted by Crippen LogP contribution is -2.06. The zero-order chi connectivity index (χ0) is 33.9. The molecule has 12 rings (SSSR count). The van der Waals surface area contributed by atoms with E-state index in [1.165, 1.54) is 48.5 Å². The Morgan fingerprint density at radius 3 is 1.58 bits per heavy atom. The maximum Gasteiger partial charge on any atom is 0.238 e. The van der Waals surface area contributed by atoms with E-state index in [-0.39, 0.29) is 0 Å². The van der Waals surface area contributed by atoms with Gasteiger partial charge in [-0.3, -0.25) is 4.57 Å². The summed E-state index contributed by atoms with van der Waals surface area (Å²) in [6.45, 7) is 0. The highest BCUT2D eigenvalue weighted by Gasteiger charge is 2.23. The third-order valence-electron chi connectivity index (χ3n) is 10.8. The molecule has 0 aliphatic carbocycles. The van der Waals surface area contributed by atoms with E-state index < -0.39 is 0 Å². The predicted octanol–water partition coefficient (Wildman–Crippen LogP) is 12.3. The molecular formula is C47H26N4O. The van der Waals surface area contributed by atoms with Crippen molar-refractivity contribution < 1.29 is 4.42 Å². The van der Waals surface area contributed by atoms with Crippen molar-refractivity contribution >= 4 is 86.8 Å². The lowest BCUT2D eigenvalue weighted by molar-refractivity contribution is 0.669. The first-order chi connectivity index (χ1) is 25.8. The quantitative estimate of drug-likeness (QED) is 0.140. The molecule has 3 heterocycles. The molecule has 240 valence electrons. The SMILES string of the molecule is c1ccc(-c2nc(-c3ccccc3)nc(-n3c4ccccc4c4c5cccc6c7cccc8c9c(cc(c(cc43)c65)c78)oc3ccccc39)n2)cc1. The average Bonchev–Trinajstić information content (AvgIpc) is 3.76. The molecule has 0 bridgehead atoms. The Hall–Kier alpha value is -7.11. The van der Waals surface area contributed by atoms with Gasteiger partial charge in [-0.1, -0.05) is 133 Å². The third-order valence-corrected chi connectivity index (χ3v) is 10.8. The zero-order valence-electron chi connectivity index (χ0n) is 27.7. The second-order valence-electron chi connectivity index (χ2n) is 13.5. The molecule has 0 saturated heterocycles. The van der Waals surface area contributed by atoms with E-state index in [2.05, 4.69) is 120 Å². The van der Waals surface area contributed by atoms with Crippen molar-refractivity contribution in [3.05, 3.63) is 158 Å². The van der Waals surface area contributed by atoms with Crippen LogP contribution in [-0.2, 0) is 0 Å². The number of hydrogen-bond acceptors (Lipinski definition) is 4. The molecule has 9 aromatic carbocycles. The largest absolute Gasteiger partial charge is 0.456 e. The molecule has 0 atom stereocenters. The van der Waals surface area contributed by atoms with E-state index in [1.54, 1.807) is 0 Å². The number of hydrogen-bond donors (Lipinski definition) is 0. The third kappa shape index (κ3) is 3.69. The molecule has 0 aliphatic rings. The fraction of sp³-hybridized carbons (Fsp3) is 0. The first-order valence-corrected chi connectivity index (χ1v) is 17.5. The van der Waals surface area contributed by atoms with Crippen molar-refractivity contribution in [1.82, 2.24) is 19.5 Å². The van der Waals surface area contributed by atoms with Crippen LogP contribution in [0.4, 0.5) is 0 Å². The van der Waals surface area contributed by atoms with E-state index in [9.17, 15) is 0 Å². The van der Waals surface area contributed by atoms with Crippen LogP contribution in [0.1, 0.15) is 0 Å². The Morgan fingerprint density at radius 1 is 0.346 bits per heavy atom. The summed E-state index contributed by atoms with van der Waals surface area (Å²) in [5, 5.41) is 14.4. The molecule has 12 aromatic rings. The molecule has 5 heteroatoms. The lowest BCUT2D eigenvalue weighted by Gasteiger charge is -2.16. The van der Waals surface area contributed by atoms with Gasteiger partial charge in [0.15, 0.2) is 11.6 Å². The van der Waals surface area contributed by atoms with Crippen molar-refractivity contribution in [1.29, 1.82) is 0 Å². The van der Waals surface area contributed by atoms with Crippen LogP contribution in [0.2, 0.25) is 0 Å². The number of rotatable bonds is 3. The van der Waals surface area contributed by atoms with Gasteiger partial charge in [0.1, 0.15) is 11.2 Å². The summed E-state index contributed by atoms with van der Waals surface area (Å²) in [4.78, 5) is 15.4. The van der Waals surface area contributed by atoms with E-state index in [0.717, 1.165) is 49.5 Å². The summed E-state index contributed by atoms with van der Waals surface area (Å²) >= 11 is 0. The lowest BCUT2D eigenvalue weighted by atomic mass is 9.87. The number of para-hydroxylation sites is 2. The number of benzene rings is 9. The second-order valence-corrected chi connectivity index (χ2v) is 13.5. The van der Waals surface area contributed by atoms with Crippen molar-refractivity contribution in [2.24, 2.45) is 0 Å². The fourth-order valence-corrected chi connectivity index (χ4v) is 8.62. The molecule has 0 fully saturated rings. The smallest absolute Gasteiger partial charge is 0.238 e. The van der Waals surface area contributed by atoms with Gasteiger partial charge >= 0.3 is 0 Å². The van der Waals surface area contributed by atoms with Gasteiger partial charge in [0, 0.05) is 32.7 Å². The molecule has 0 radical (unpaired) electrons. The molecule has 3 aromatic heterocycles. The number of aromatic nitrogens is 4. The summed E-state index contributed by atoms with van der Waals surface area (Å²) in [7, 11) is 0. The highest BCUT2D eigenvalue weighted by atomic mass is 16.3. The van der Waals surface area contributed by atoms with Gasteiger partial charge in [-0.05, 0) is 67.4 Å². The van der Waals surface area contributed by atoms with Crippen molar-refractivity contribution in [2.45, 2.75) is 0 Å². The Morgan fingerprint density at radius 2 is 0.885 bits per heavy atom. The molecular weight excluding hydrogens is 637 g/mol. The van der Waals surface area contributed by atoms with E-state index >= 15 is 0 Å². The summed E-state index contributed by atoms with van der Waals surface area (Å²) < 4.78 is 8.79. The highest BCUT2D eigenvalue weighted by molar-refractivity contribution is 6.41. The summed E-state index contributed by atoms with van der Waals surface area (Å²) in [5.41, 5.74) is 5.76. The van der Waals surface area contributed by atoms with Gasteiger partial charge in [0.05, 0.1) is 11.0 Å². The molecule has 0 saturated carbocycles. The predicted molar refractivity (Wildman–Crippen MR) is 214 cm³/mol. The number of fused-ring (bicyclic) bond motifs is 10. The fourth-order valence-electron chi connectivity index (χ4n) is 8.62. The van der Waals surface area contributed by atoms with Crippen LogP contribution < -0.4 is 0 Å². The monoisotopic (exact) mass is 662 g/mol. The first-order valence-electron chi connectivity index (χ1n) is 17.5. The van der Waals surface area contributed by atoms with Gasteiger partial charge < -0.3 is 4.42 Å². The van der Waals surface area contributed by atoms with Crippen molar-refractivity contribution in [2.75, 3.05) is 0 Å².